The highest BCUT2D eigenvalue weighted by molar-refractivity contribution is 7.22. The molecular weight excluding hydrogens is 378 g/mol. The van der Waals surface area contributed by atoms with Crippen LogP contribution in [0.25, 0.3) is 10.2 Å². The Balaban J connectivity index is 1.70. The van der Waals surface area contributed by atoms with Gasteiger partial charge in [-0.25, -0.2) is 4.98 Å². The van der Waals surface area contributed by atoms with Crippen molar-refractivity contribution in [3.8, 4) is 0 Å². The first-order valence-corrected chi connectivity index (χ1v) is 10.4. The van der Waals surface area contributed by atoms with Gasteiger partial charge in [0, 0.05) is 12.4 Å². The number of anilines is 1. The van der Waals surface area contributed by atoms with Crippen molar-refractivity contribution >= 4 is 32.6 Å². The van der Waals surface area contributed by atoms with Crippen molar-refractivity contribution in [3.63, 3.8) is 0 Å². The molecule has 0 radical (unpaired) electrons. The maximum atomic E-state index is 13.5. The summed E-state index contributed by atoms with van der Waals surface area (Å²) in [6.45, 7) is 6.69. The molecule has 0 fully saturated rings. The van der Waals surface area contributed by atoms with Gasteiger partial charge in [-0.3, -0.25) is 14.7 Å². The number of hydrogen-bond acceptors (Lipinski definition) is 4. The van der Waals surface area contributed by atoms with E-state index < -0.39 is 0 Å². The third-order valence-corrected chi connectivity index (χ3v) is 6.11. The Morgan fingerprint density at radius 3 is 2.48 bits per heavy atom. The Morgan fingerprint density at radius 1 is 1.03 bits per heavy atom. The van der Waals surface area contributed by atoms with Gasteiger partial charge in [0.15, 0.2) is 5.13 Å². The van der Waals surface area contributed by atoms with E-state index in [2.05, 4.69) is 37.9 Å². The minimum atomic E-state index is 0.0444. The second-order valence-corrected chi connectivity index (χ2v) is 8.37. The van der Waals surface area contributed by atoms with Gasteiger partial charge in [0.2, 0.25) is 5.91 Å². The van der Waals surface area contributed by atoms with Crippen LogP contribution in [-0.4, -0.2) is 15.9 Å². The molecule has 2 heterocycles. The summed E-state index contributed by atoms with van der Waals surface area (Å²) >= 11 is 1.55. The van der Waals surface area contributed by atoms with Gasteiger partial charge in [-0.05, 0) is 61.2 Å². The maximum Gasteiger partial charge on any atom is 0.233 e. The lowest BCUT2D eigenvalue weighted by molar-refractivity contribution is -0.118. The van der Waals surface area contributed by atoms with Crippen molar-refractivity contribution in [1.29, 1.82) is 0 Å². The maximum absolute atomic E-state index is 13.5. The first kappa shape index (κ1) is 19.3. The third-order valence-electron chi connectivity index (χ3n) is 5.05. The molecule has 0 aliphatic rings. The molecule has 0 spiro atoms. The minimum absolute atomic E-state index is 0.0444. The fraction of sp³-hybridized carbons (Fsp3) is 0.208. The second-order valence-electron chi connectivity index (χ2n) is 7.36. The summed E-state index contributed by atoms with van der Waals surface area (Å²) in [6.07, 6.45) is 3.90. The zero-order valence-corrected chi connectivity index (χ0v) is 17.7. The number of aryl methyl sites for hydroxylation is 3. The lowest BCUT2D eigenvalue weighted by atomic mass is 9.97. The lowest BCUT2D eigenvalue weighted by Crippen LogP contribution is -2.32. The Morgan fingerprint density at radius 2 is 1.79 bits per heavy atom. The van der Waals surface area contributed by atoms with Crippen LogP contribution in [0.2, 0.25) is 0 Å². The average molecular weight is 402 g/mol. The Labute approximate surface area is 174 Å². The molecule has 2 aromatic carbocycles. The van der Waals surface area contributed by atoms with Gasteiger partial charge >= 0.3 is 0 Å². The number of para-hydroxylation sites is 1. The average Bonchev–Trinajstić information content (AvgIpc) is 3.13. The topological polar surface area (TPSA) is 46.1 Å². The van der Waals surface area contributed by atoms with Crippen molar-refractivity contribution < 1.29 is 4.79 Å². The number of benzene rings is 2. The predicted molar refractivity (Wildman–Crippen MR) is 119 cm³/mol. The quantitative estimate of drug-likeness (QED) is 0.450. The number of thiazole rings is 1. The normalized spacial score (nSPS) is 11.0. The molecule has 5 heteroatoms. The molecule has 4 rings (SSSR count). The number of nitrogens with zero attached hydrogens (tertiary/aromatic N) is 3. The summed E-state index contributed by atoms with van der Waals surface area (Å²) in [6, 6.07) is 16.1. The van der Waals surface area contributed by atoms with Gasteiger partial charge in [0.1, 0.15) is 0 Å². The van der Waals surface area contributed by atoms with E-state index in [-0.39, 0.29) is 5.91 Å². The van der Waals surface area contributed by atoms with Crippen LogP contribution >= 0.6 is 11.3 Å². The number of aromatic nitrogens is 2. The molecule has 0 saturated heterocycles. The highest BCUT2D eigenvalue weighted by Gasteiger charge is 2.22. The SMILES string of the molecule is Cc1cc(C)c(CC(=O)N(Cc2cccnc2)c2nc3ccccc3s2)c(C)c1. The molecule has 0 aliphatic heterocycles. The first-order chi connectivity index (χ1) is 14.0. The summed E-state index contributed by atoms with van der Waals surface area (Å²) < 4.78 is 1.08. The van der Waals surface area contributed by atoms with Crippen LogP contribution in [0.4, 0.5) is 5.13 Å². The molecule has 0 saturated carbocycles. The van der Waals surface area contributed by atoms with E-state index in [1.54, 1.807) is 28.6 Å². The van der Waals surface area contributed by atoms with Crippen LogP contribution in [0, 0.1) is 20.8 Å². The molecule has 0 bridgehead atoms. The molecule has 146 valence electrons. The van der Waals surface area contributed by atoms with Gasteiger partial charge in [0.05, 0.1) is 23.2 Å². The van der Waals surface area contributed by atoms with Crippen molar-refractivity contribution in [1.82, 2.24) is 9.97 Å². The molecule has 0 aliphatic carbocycles. The summed E-state index contributed by atoms with van der Waals surface area (Å²) in [4.78, 5) is 24.2. The molecule has 0 unspecified atom stereocenters. The Bertz CT molecular complexity index is 1110. The number of carbonyl (C=O) groups is 1. The van der Waals surface area contributed by atoms with Crippen LogP contribution in [0.1, 0.15) is 27.8 Å². The van der Waals surface area contributed by atoms with Crippen LogP contribution in [0.5, 0.6) is 0 Å². The fourth-order valence-electron chi connectivity index (χ4n) is 3.65. The smallest absolute Gasteiger partial charge is 0.233 e. The van der Waals surface area contributed by atoms with Gasteiger partial charge < -0.3 is 0 Å². The van der Waals surface area contributed by atoms with Crippen LogP contribution in [0.3, 0.4) is 0 Å². The van der Waals surface area contributed by atoms with Crippen LogP contribution in [-0.2, 0) is 17.8 Å². The Hall–Kier alpha value is -3.05. The zero-order chi connectivity index (χ0) is 20.4. The number of carbonyl (C=O) groups excluding carboxylic acids is 1. The molecular formula is C24H23N3OS. The largest absolute Gasteiger partial charge is 0.283 e. The van der Waals surface area contributed by atoms with E-state index in [0.29, 0.717) is 13.0 Å². The Kier molecular flexibility index (Phi) is 5.41. The van der Waals surface area contributed by atoms with E-state index in [1.807, 2.05) is 36.4 Å². The lowest BCUT2D eigenvalue weighted by Gasteiger charge is -2.21. The summed E-state index contributed by atoms with van der Waals surface area (Å²) in [7, 11) is 0. The van der Waals surface area contributed by atoms with Crippen LogP contribution in [0.15, 0.2) is 60.9 Å². The molecule has 0 atom stereocenters. The molecule has 29 heavy (non-hydrogen) atoms. The van der Waals surface area contributed by atoms with E-state index >= 15 is 0 Å². The fourth-order valence-corrected chi connectivity index (χ4v) is 4.63. The molecule has 4 nitrogen and oxygen atoms in total. The molecule has 1 amide bonds. The highest BCUT2D eigenvalue weighted by atomic mass is 32.1. The van der Waals surface area contributed by atoms with E-state index in [9.17, 15) is 4.79 Å². The van der Waals surface area contributed by atoms with Gasteiger partial charge in [-0.1, -0.05) is 47.2 Å². The highest BCUT2D eigenvalue weighted by Crippen LogP contribution is 2.30. The van der Waals surface area contributed by atoms with Gasteiger partial charge in [-0.15, -0.1) is 0 Å². The second kappa shape index (κ2) is 8.13. The van der Waals surface area contributed by atoms with Crippen LogP contribution < -0.4 is 4.90 Å². The monoisotopic (exact) mass is 401 g/mol. The predicted octanol–water partition coefficient (Wildman–Crippen LogP) is 5.39. The first-order valence-electron chi connectivity index (χ1n) is 9.63. The molecule has 4 aromatic rings. The summed E-state index contributed by atoms with van der Waals surface area (Å²) in [5.74, 6) is 0.0444. The number of amides is 1. The van der Waals surface area contributed by atoms with Gasteiger partial charge in [-0.2, -0.15) is 0 Å². The number of rotatable bonds is 5. The minimum Gasteiger partial charge on any atom is -0.283 e. The number of hydrogen-bond donors (Lipinski definition) is 0. The van der Waals surface area contributed by atoms with Crippen molar-refractivity contribution in [2.45, 2.75) is 33.7 Å². The van der Waals surface area contributed by atoms with E-state index in [0.717, 1.165) is 37.6 Å². The summed E-state index contributed by atoms with van der Waals surface area (Å²) in [5.41, 5.74) is 6.52. The van der Waals surface area contributed by atoms with Crippen molar-refractivity contribution in [2.24, 2.45) is 0 Å². The number of fused-ring (bicyclic) bond motifs is 1. The van der Waals surface area contributed by atoms with Crippen molar-refractivity contribution in [3.05, 3.63) is 88.7 Å². The zero-order valence-electron chi connectivity index (χ0n) is 16.8. The van der Waals surface area contributed by atoms with E-state index in [4.69, 9.17) is 4.98 Å². The number of pyridine rings is 1. The summed E-state index contributed by atoms with van der Waals surface area (Å²) in [5, 5.41) is 0.725. The van der Waals surface area contributed by atoms with Crippen molar-refractivity contribution in [2.75, 3.05) is 4.90 Å². The van der Waals surface area contributed by atoms with Gasteiger partial charge in [0.25, 0.3) is 0 Å². The van der Waals surface area contributed by atoms with E-state index in [1.165, 1.54) is 5.56 Å². The standard InChI is InChI=1S/C24H23N3OS/c1-16-11-17(2)20(18(3)12-16)13-23(28)27(15-19-7-6-10-25-14-19)24-26-21-8-4-5-9-22(21)29-24/h4-12,14H,13,15H2,1-3H3. The molecule has 2 aromatic heterocycles. The molecule has 0 N–H and O–H groups in total. The third kappa shape index (κ3) is 4.20.